The third-order valence-electron chi connectivity index (χ3n) is 0.354. The smallest absolute Gasteiger partial charge is 0.300 e. The molecule has 0 aromatic carbocycles. The van der Waals surface area contributed by atoms with Crippen LogP contribution in [0, 0.1) is 4.77 Å². The quantitative estimate of drug-likeness (QED) is 0.465. The molecular weight excluding hydrogens is 156 g/mol. The van der Waals surface area contributed by atoms with E-state index in [-0.39, 0.29) is 0 Å². The fourth-order valence-electron chi connectivity index (χ4n) is 0.168. The zero-order chi connectivity index (χ0) is 7.98. The van der Waals surface area contributed by atoms with Crippen molar-refractivity contribution in [3.63, 3.8) is 0 Å². The van der Waals surface area contributed by atoms with E-state index in [1.807, 2.05) is 0 Å². The maximum atomic E-state index is 9.00. The van der Waals surface area contributed by atoms with Crippen molar-refractivity contribution in [2.75, 3.05) is 0 Å². The monoisotopic (exact) mass is 162 g/mol. The van der Waals surface area contributed by atoms with Crippen molar-refractivity contribution >= 4 is 18.2 Å². The molecule has 0 fully saturated rings. The number of nitrogens with zero attached hydrogens (tertiary/aromatic N) is 2. The standard InChI is InChI=1S/C2H4O2.CH2N4S/c1-2(3)4;6-1-2-4-5-3-1/h1H3,(H,3,4);(H2,2,3,4,5,6). The number of H-pyrrole nitrogens is 2. The van der Waals surface area contributed by atoms with Gasteiger partial charge in [0.1, 0.15) is 0 Å². The number of carboxylic acids is 1. The molecule has 1 aromatic heterocycles. The highest BCUT2D eigenvalue weighted by Gasteiger charge is 1.68. The summed E-state index contributed by atoms with van der Waals surface area (Å²) in [7, 11) is 0. The molecule has 0 saturated carbocycles. The van der Waals surface area contributed by atoms with Crippen molar-refractivity contribution < 1.29 is 9.90 Å². The molecule has 0 amide bonds. The van der Waals surface area contributed by atoms with Gasteiger partial charge in [0.15, 0.2) is 0 Å². The minimum Gasteiger partial charge on any atom is -0.481 e. The van der Waals surface area contributed by atoms with E-state index in [9.17, 15) is 0 Å². The van der Waals surface area contributed by atoms with Crippen molar-refractivity contribution in [3.05, 3.63) is 4.77 Å². The molecule has 1 aromatic rings. The minimum atomic E-state index is -0.833. The normalized spacial score (nSPS) is 7.70. The molecule has 0 aliphatic heterocycles. The number of carbonyl (C=O) groups is 1. The number of tetrazole rings is 1. The fraction of sp³-hybridized carbons (Fsp3) is 0.333. The van der Waals surface area contributed by atoms with Crippen molar-refractivity contribution in [1.29, 1.82) is 0 Å². The summed E-state index contributed by atoms with van der Waals surface area (Å²) >= 11 is 4.48. The minimum absolute atomic E-state index is 0.384. The van der Waals surface area contributed by atoms with Gasteiger partial charge in [-0.2, -0.15) is 5.21 Å². The van der Waals surface area contributed by atoms with Crippen LogP contribution in [0.3, 0.4) is 0 Å². The highest BCUT2D eigenvalue weighted by atomic mass is 32.1. The first-order valence-electron chi connectivity index (χ1n) is 2.28. The second-order valence-corrected chi connectivity index (χ2v) is 1.65. The second kappa shape index (κ2) is 4.62. The Bertz CT molecular complexity index is 220. The summed E-state index contributed by atoms with van der Waals surface area (Å²) in [6.07, 6.45) is 0. The Morgan fingerprint density at radius 1 is 1.80 bits per heavy atom. The molecule has 0 spiro atoms. The molecule has 0 aliphatic carbocycles. The zero-order valence-electron chi connectivity index (χ0n) is 5.16. The number of rotatable bonds is 0. The SMILES string of the molecule is CC(=O)O.S=c1nn[nH][nH]1. The largest absolute Gasteiger partial charge is 0.481 e. The molecule has 6 nitrogen and oxygen atoms in total. The summed E-state index contributed by atoms with van der Waals surface area (Å²) in [5.74, 6) is -0.833. The van der Waals surface area contributed by atoms with Crippen LogP contribution in [0.4, 0.5) is 0 Å². The Kier molecular flexibility index (Phi) is 4.05. The molecule has 0 bridgehead atoms. The van der Waals surface area contributed by atoms with Gasteiger partial charge >= 0.3 is 0 Å². The van der Waals surface area contributed by atoms with E-state index in [0.717, 1.165) is 6.92 Å². The Morgan fingerprint density at radius 3 is 2.40 bits per heavy atom. The van der Waals surface area contributed by atoms with E-state index in [1.54, 1.807) is 0 Å². The zero-order valence-corrected chi connectivity index (χ0v) is 5.97. The summed E-state index contributed by atoms with van der Waals surface area (Å²) in [6.45, 7) is 1.08. The van der Waals surface area contributed by atoms with Crippen LogP contribution in [0.25, 0.3) is 0 Å². The molecule has 0 aliphatic rings. The molecule has 10 heavy (non-hydrogen) atoms. The average molecular weight is 162 g/mol. The van der Waals surface area contributed by atoms with Crippen LogP contribution >= 0.6 is 12.2 Å². The van der Waals surface area contributed by atoms with E-state index >= 15 is 0 Å². The van der Waals surface area contributed by atoms with Gasteiger partial charge in [0.05, 0.1) is 0 Å². The molecule has 0 radical (unpaired) electrons. The van der Waals surface area contributed by atoms with Crippen LogP contribution in [0.1, 0.15) is 6.92 Å². The summed E-state index contributed by atoms with van der Waals surface area (Å²) in [5, 5.41) is 18.9. The van der Waals surface area contributed by atoms with Gasteiger partial charge < -0.3 is 5.11 Å². The van der Waals surface area contributed by atoms with Crippen LogP contribution in [0.15, 0.2) is 0 Å². The van der Waals surface area contributed by atoms with Crippen LogP contribution in [-0.4, -0.2) is 31.7 Å². The third kappa shape index (κ3) is 6.76. The third-order valence-corrected chi connectivity index (χ3v) is 0.537. The fourth-order valence-corrected chi connectivity index (χ4v) is 0.255. The highest BCUT2D eigenvalue weighted by Crippen LogP contribution is 1.61. The topological polar surface area (TPSA) is 94.7 Å². The molecule has 1 heterocycles. The molecule has 7 heteroatoms. The van der Waals surface area contributed by atoms with Gasteiger partial charge in [-0.3, -0.25) is 9.89 Å². The van der Waals surface area contributed by atoms with E-state index < -0.39 is 5.97 Å². The molecule has 0 unspecified atom stereocenters. The first-order valence-corrected chi connectivity index (χ1v) is 2.69. The second-order valence-electron chi connectivity index (χ2n) is 1.26. The van der Waals surface area contributed by atoms with Crippen LogP contribution < -0.4 is 0 Å². The highest BCUT2D eigenvalue weighted by molar-refractivity contribution is 7.71. The Balaban J connectivity index is 0.000000180. The Hall–Kier alpha value is -1.24. The van der Waals surface area contributed by atoms with Crippen LogP contribution in [-0.2, 0) is 4.79 Å². The van der Waals surface area contributed by atoms with E-state index in [2.05, 4.69) is 32.8 Å². The van der Waals surface area contributed by atoms with E-state index in [4.69, 9.17) is 9.90 Å². The van der Waals surface area contributed by atoms with Crippen LogP contribution in [0.2, 0.25) is 0 Å². The van der Waals surface area contributed by atoms with Crippen molar-refractivity contribution in [3.8, 4) is 0 Å². The first kappa shape index (κ1) is 8.76. The van der Waals surface area contributed by atoms with Crippen molar-refractivity contribution in [2.45, 2.75) is 6.92 Å². The molecule has 3 N–H and O–H groups in total. The van der Waals surface area contributed by atoms with Crippen LogP contribution in [0.5, 0.6) is 0 Å². The van der Waals surface area contributed by atoms with Gasteiger partial charge in [0.25, 0.3) is 5.97 Å². The predicted molar refractivity (Wildman–Crippen MR) is 34.9 cm³/mol. The van der Waals surface area contributed by atoms with Crippen molar-refractivity contribution in [2.24, 2.45) is 0 Å². The van der Waals surface area contributed by atoms with Gasteiger partial charge in [0.2, 0.25) is 4.77 Å². The average Bonchev–Trinajstić information content (AvgIpc) is 2.15. The van der Waals surface area contributed by atoms with E-state index in [1.165, 1.54) is 0 Å². The molecule has 56 valence electrons. The number of carboxylic acid groups (broad SMARTS) is 1. The summed E-state index contributed by atoms with van der Waals surface area (Å²) < 4.78 is 0.384. The lowest BCUT2D eigenvalue weighted by Gasteiger charge is -1.59. The molecule has 0 atom stereocenters. The molecule has 1 rings (SSSR count). The number of aromatic nitrogens is 4. The van der Waals surface area contributed by atoms with Gasteiger partial charge in [-0.15, -0.1) is 0 Å². The number of hydrogen-bond donors (Lipinski definition) is 3. The maximum absolute atomic E-state index is 9.00. The lowest BCUT2D eigenvalue weighted by Crippen LogP contribution is -1.78. The predicted octanol–water partition coefficient (Wildman–Crippen LogP) is -0.0468. The summed E-state index contributed by atoms with van der Waals surface area (Å²) in [6, 6.07) is 0. The number of aromatic amines is 2. The van der Waals surface area contributed by atoms with Gasteiger partial charge in [-0.1, -0.05) is 10.3 Å². The Morgan fingerprint density at radius 2 is 2.30 bits per heavy atom. The number of nitrogens with one attached hydrogen (secondary N) is 2. The molecular formula is C3H6N4O2S. The summed E-state index contributed by atoms with van der Waals surface area (Å²) in [5.41, 5.74) is 0. The maximum Gasteiger partial charge on any atom is 0.300 e. The molecule has 0 saturated heterocycles. The number of aliphatic carboxylic acids is 1. The van der Waals surface area contributed by atoms with Gasteiger partial charge in [0, 0.05) is 6.92 Å². The van der Waals surface area contributed by atoms with E-state index in [0.29, 0.717) is 4.77 Å². The number of hydrogen-bond acceptors (Lipinski definition) is 4. The lowest BCUT2D eigenvalue weighted by atomic mass is 10.9. The van der Waals surface area contributed by atoms with Gasteiger partial charge in [-0.25, -0.2) is 0 Å². The Labute approximate surface area is 61.3 Å². The first-order chi connectivity index (χ1) is 4.63. The van der Waals surface area contributed by atoms with Crippen molar-refractivity contribution in [1.82, 2.24) is 20.6 Å². The summed E-state index contributed by atoms with van der Waals surface area (Å²) in [4.78, 5) is 9.00. The lowest BCUT2D eigenvalue weighted by molar-refractivity contribution is -0.134. The van der Waals surface area contributed by atoms with Gasteiger partial charge in [-0.05, 0) is 12.2 Å².